The standard InChI is InChI=1S/C4H6N2O3S/c5-10(7,8)4-3-9-2-1-6-4/h1-2H,3H2,(H2,5,7,8). The highest BCUT2D eigenvalue weighted by Gasteiger charge is 2.14. The Morgan fingerprint density at radius 3 is 2.70 bits per heavy atom. The van der Waals surface area contributed by atoms with Crippen LogP contribution in [-0.4, -0.2) is 20.1 Å². The maximum atomic E-state index is 10.5. The Hall–Kier alpha value is -0.880. The minimum absolute atomic E-state index is 0.0741. The first-order valence-corrected chi connectivity index (χ1v) is 4.01. The fourth-order valence-electron chi connectivity index (χ4n) is 0.469. The van der Waals surface area contributed by atoms with Crippen molar-refractivity contribution in [1.82, 2.24) is 0 Å². The van der Waals surface area contributed by atoms with E-state index in [-0.39, 0.29) is 11.7 Å². The van der Waals surface area contributed by atoms with Crippen LogP contribution in [0.2, 0.25) is 0 Å². The molecule has 0 aromatic carbocycles. The number of aliphatic imine (C=N–C) groups is 1. The van der Waals surface area contributed by atoms with Gasteiger partial charge in [-0.25, -0.2) is 18.5 Å². The van der Waals surface area contributed by atoms with Gasteiger partial charge in [0, 0.05) is 0 Å². The van der Waals surface area contributed by atoms with Crippen molar-refractivity contribution in [1.29, 1.82) is 0 Å². The zero-order chi connectivity index (χ0) is 7.61. The zero-order valence-corrected chi connectivity index (χ0v) is 5.84. The van der Waals surface area contributed by atoms with E-state index in [1.165, 1.54) is 12.5 Å². The van der Waals surface area contributed by atoms with E-state index in [9.17, 15) is 8.42 Å². The number of primary sulfonamides is 1. The van der Waals surface area contributed by atoms with Gasteiger partial charge in [0.2, 0.25) is 0 Å². The van der Waals surface area contributed by atoms with Crippen molar-refractivity contribution in [3.05, 3.63) is 12.5 Å². The van der Waals surface area contributed by atoms with Crippen LogP contribution in [0.3, 0.4) is 0 Å². The monoisotopic (exact) mass is 162 g/mol. The lowest BCUT2D eigenvalue weighted by molar-refractivity contribution is 0.298. The van der Waals surface area contributed by atoms with Gasteiger partial charge in [0.1, 0.15) is 12.9 Å². The number of rotatable bonds is 0. The van der Waals surface area contributed by atoms with E-state index in [1.807, 2.05) is 0 Å². The van der Waals surface area contributed by atoms with Crippen LogP contribution in [0.5, 0.6) is 0 Å². The molecule has 0 aliphatic carbocycles. The van der Waals surface area contributed by atoms with Crippen molar-refractivity contribution >= 4 is 15.1 Å². The molecule has 0 amide bonds. The van der Waals surface area contributed by atoms with E-state index >= 15 is 0 Å². The van der Waals surface area contributed by atoms with Gasteiger partial charge in [0.25, 0.3) is 10.0 Å². The number of sulfonamides is 1. The van der Waals surface area contributed by atoms with Crippen LogP contribution in [0.1, 0.15) is 0 Å². The molecular weight excluding hydrogens is 156 g/mol. The van der Waals surface area contributed by atoms with E-state index in [1.54, 1.807) is 0 Å². The molecule has 0 aromatic rings. The Kier molecular flexibility index (Phi) is 1.73. The summed E-state index contributed by atoms with van der Waals surface area (Å²) in [4.78, 5) is 3.50. The quantitative estimate of drug-likeness (QED) is 0.505. The average Bonchev–Trinajstić information content (AvgIpc) is 1.88. The molecule has 0 bridgehead atoms. The second kappa shape index (κ2) is 2.39. The van der Waals surface area contributed by atoms with Crippen LogP contribution >= 0.6 is 0 Å². The lowest BCUT2D eigenvalue weighted by atomic mass is 10.7. The van der Waals surface area contributed by atoms with Crippen LogP contribution in [-0.2, 0) is 14.8 Å². The molecule has 0 unspecified atom stereocenters. The Balaban J connectivity index is 2.93. The Morgan fingerprint density at radius 2 is 2.40 bits per heavy atom. The van der Waals surface area contributed by atoms with E-state index in [4.69, 9.17) is 5.14 Å². The van der Waals surface area contributed by atoms with Crippen molar-refractivity contribution in [3.63, 3.8) is 0 Å². The molecule has 1 heterocycles. The SMILES string of the molecule is NS(=O)(=O)C1=NC=COC1. The second-order valence-corrected chi connectivity index (χ2v) is 3.23. The summed E-state index contributed by atoms with van der Waals surface area (Å²) in [7, 11) is -3.65. The van der Waals surface area contributed by atoms with Gasteiger partial charge in [-0.2, -0.15) is 0 Å². The number of hydrogen-bond donors (Lipinski definition) is 1. The molecule has 1 aliphatic rings. The van der Waals surface area contributed by atoms with Crippen LogP contribution in [0, 0.1) is 0 Å². The van der Waals surface area contributed by atoms with Crippen LogP contribution in [0.15, 0.2) is 17.5 Å². The molecule has 0 atom stereocenters. The summed E-state index contributed by atoms with van der Waals surface area (Å²) >= 11 is 0. The molecule has 0 aromatic heterocycles. The topological polar surface area (TPSA) is 81.8 Å². The molecule has 1 rings (SSSR count). The highest BCUT2D eigenvalue weighted by atomic mass is 32.2. The summed E-state index contributed by atoms with van der Waals surface area (Å²) in [5.74, 6) is 0. The predicted octanol–water partition coefficient (Wildman–Crippen LogP) is -0.825. The third kappa shape index (κ3) is 1.55. The smallest absolute Gasteiger partial charge is 0.255 e. The van der Waals surface area contributed by atoms with Crippen LogP contribution < -0.4 is 5.14 Å². The third-order valence-corrected chi connectivity index (χ3v) is 1.79. The normalized spacial score (nSPS) is 17.9. The first-order chi connectivity index (χ1) is 4.61. The summed E-state index contributed by atoms with van der Waals surface area (Å²) in [6, 6.07) is 0. The molecule has 0 saturated carbocycles. The molecule has 0 spiro atoms. The van der Waals surface area contributed by atoms with Crippen molar-refractivity contribution < 1.29 is 13.2 Å². The fraction of sp³-hybridized carbons (Fsp3) is 0.250. The van der Waals surface area contributed by atoms with Crippen molar-refractivity contribution in [2.45, 2.75) is 0 Å². The van der Waals surface area contributed by atoms with Gasteiger partial charge in [-0.05, 0) is 0 Å². The van der Waals surface area contributed by atoms with Gasteiger partial charge in [-0.3, -0.25) is 0 Å². The predicted molar refractivity (Wildman–Crippen MR) is 35.6 cm³/mol. The molecule has 10 heavy (non-hydrogen) atoms. The van der Waals surface area contributed by atoms with Gasteiger partial charge in [-0.15, -0.1) is 0 Å². The van der Waals surface area contributed by atoms with E-state index in [2.05, 4.69) is 9.73 Å². The molecular formula is C4H6N2O3S. The van der Waals surface area contributed by atoms with Crippen LogP contribution in [0.4, 0.5) is 0 Å². The minimum Gasteiger partial charge on any atom is -0.492 e. The largest absolute Gasteiger partial charge is 0.492 e. The Labute approximate surface area is 58.2 Å². The molecule has 1 aliphatic heterocycles. The molecule has 0 radical (unpaired) electrons. The van der Waals surface area contributed by atoms with Crippen LogP contribution in [0.25, 0.3) is 0 Å². The molecule has 6 heteroatoms. The number of nitrogens with zero attached hydrogens (tertiary/aromatic N) is 1. The van der Waals surface area contributed by atoms with E-state index in [0.717, 1.165) is 0 Å². The van der Waals surface area contributed by atoms with Gasteiger partial charge in [0.05, 0.1) is 6.20 Å². The minimum atomic E-state index is -3.65. The summed E-state index contributed by atoms with van der Waals surface area (Å²) in [6.07, 6.45) is 2.54. The molecule has 0 saturated heterocycles. The Morgan fingerprint density at radius 1 is 1.70 bits per heavy atom. The van der Waals surface area contributed by atoms with Crippen molar-refractivity contribution in [2.24, 2.45) is 10.1 Å². The van der Waals surface area contributed by atoms with Crippen molar-refractivity contribution in [3.8, 4) is 0 Å². The van der Waals surface area contributed by atoms with Crippen molar-refractivity contribution in [2.75, 3.05) is 6.61 Å². The summed E-state index contributed by atoms with van der Waals surface area (Å²) < 4.78 is 25.7. The number of nitrogens with two attached hydrogens (primary N) is 1. The number of hydrogen-bond acceptors (Lipinski definition) is 4. The fourth-order valence-corrected chi connectivity index (χ4v) is 0.909. The van der Waals surface area contributed by atoms with Gasteiger partial charge < -0.3 is 4.74 Å². The Bertz CT molecular complexity index is 277. The zero-order valence-electron chi connectivity index (χ0n) is 5.02. The maximum absolute atomic E-state index is 10.5. The molecule has 0 fully saturated rings. The van der Waals surface area contributed by atoms with E-state index in [0.29, 0.717) is 0 Å². The molecule has 56 valence electrons. The number of ether oxygens (including phenoxy) is 1. The van der Waals surface area contributed by atoms with Gasteiger partial charge in [-0.1, -0.05) is 0 Å². The third-order valence-electron chi connectivity index (χ3n) is 0.911. The maximum Gasteiger partial charge on any atom is 0.255 e. The summed E-state index contributed by atoms with van der Waals surface area (Å²) in [6.45, 7) is -0.0741. The highest BCUT2D eigenvalue weighted by Crippen LogP contribution is 1.96. The van der Waals surface area contributed by atoms with E-state index < -0.39 is 10.0 Å². The lowest BCUT2D eigenvalue weighted by Gasteiger charge is -2.05. The average molecular weight is 162 g/mol. The van der Waals surface area contributed by atoms with Gasteiger partial charge >= 0.3 is 0 Å². The van der Waals surface area contributed by atoms with Gasteiger partial charge in [0.15, 0.2) is 5.04 Å². The summed E-state index contributed by atoms with van der Waals surface area (Å²) in [5.41, 5.74) is 0. The first kappa shape index (κ1) is 7.23. The molecule has 2 N–H and O–H groups in total. The lowest BCUT2D eigenvalue weighted by Crippen LogP contribution is -2.27. The molecule has 5 nitrogen and oxygen atoms in total. The first-order valence-electron chi connectivity index (χ1n) is 2.47. The second-order valence-electron chi connectivity index (χ2n) is 1.66. The highest BCUT2D eigenvalue weighted by molar-refractivity contribution is 8.04. The summed E-state index contributed by atoms with van der Waals surface area (Å²) in [5, 5.41) is 4.59.